The molecule has 0 spiro atoms. The van der Waals surface area contributed by atoms with Gasteiger partial charge in [0.05, 0.1) is 22.3 Å². The second-order valence-electron chi connectivity index (χ2n) is 4.23. The molecule has 2 aromatic carbocycles. The van der Waals surface area contributed by atoms with Gasteiger partial charge in [0.1, 0.15) is 0 Å². The van der Waals surface area contributed by atoms with Crippen molar-refractivity contribution in [2.24, 2.45) is 0 Å². The van der Waals surface area contributed by atoms with Crippen LogP contribution in [0.5, 0.6) is 0 Å². The Hall–Kier alpha value is -1.69. The highest BCUT2D eigenvalue weighted by atomic mass is 35.5. The Kier molecular flexibility index (Phi) is 4.31. The molecule has 0 bridgehead atoms. The van der Waals surface area contributed by atoms with Crippen LogP contribution in [0.4, 0.5) is 5.69 Å². The number of hydrogen-bond donors (Lipinski definition) is 1. The van der Waals surface area contributed by atoms with Gasteiger partial charge in [-0.15, -0.1) is 0 Å². The van der Waals surface area contributed by atoms with Crippen molar-refractivity contribution in [1.29, 1.82) is 5.26 Å². The van der Waals surface area contributed by atoms with Gasteiger partial charge in [-0.2, -0.15) is 5.26 Å². The van der Waals surface area contributed by atoms with E-state index in [4.69, 9.17) is 28.5 Å². The number of benzene rings is 2. The van der Waals surface area contributed by atoms with Gasteiger partial charge in [-0.3, -0.25) is 0 Å². The number of rotatable bonds is 3. The molecule has 0 aliphatic heterocycles. The summed E-state index contributed by atoms with van der Waals surface area (Å²) in [5, 5.41) is 13.4. The number of anilines is 1. The fourth-order valence-corrected chi connectivity index (χ4v) is 2.26. The van der Waals surface area contributed by atoms with E-state index in [1.165, 1.54) is 0 Å². The van der Waals surface area contributed by atoms with Crippen LogP contribution in [0.25, 0.3) is 0 Å². The first-order valence-electron chi connectivity index (χ1n) is 5.82. The lowest BCUT2D eigenvalue weighted by Gasteiger charge is -2.17. The molecule has 19 heavy (non-hydrogen) atoms. The highest BCUT2D eigenvalue weighted by Crippen LogP contribution is 2.28. The largest absolute Gasteiger partial charge is 0.377 e. The highest BCUT2D eigenvalue weighted by Gasteiger charge is 2.08. The summed E-state index contributed by atoms with van der Waals surface area (Å²) in [6.07, 6.45) is 0. The van der Waals surface area contributed by atoms with Gasteiger partial charge < -0.3 is 5.32 Å². The third-order valence-electron chi connectivity index (χ3n) is 2.82. The molecule has 0 aliphatic rings. The van der Waals surface area contributed by atoms with E-state index in [1.807, 2.05) is 31.2 Å². The smallest absolute Gasteiger partial charge is 0.0991 e. The fourth-order valence-electron chi connectivity index (χ4n) is 1.80. The number of nitrogens with one attached hydrogen (secondary N) is 1. The molecule has 0 saturated carbocycles. The number of nitrogens with zero attached hydrogens (tertiary/aromatic N) is 1. The third-order valence-corrected chi connectivity index (χ3v) is 3.37. The molecule has 0 aromatic heterocycles. The van der Waals surface area contributed by atoms with Crippen molar-refractivity contribution < 1.29 is 0 Å². The molecule has 0 heterocycles. The van der Waals surface area contributed by atoms with Gasteiger partial charge in [0.25, 0.3) is 0 Å². The average molecular weight is 291 g/mol. The van der Waals surface area contributed by atoms with Crippen molar-refractivity contribution in [2.45, 2.75) is 13.0 Å². The summed E-state index contributed by atoms with van der Waals surface area (Å²) < 4.78 is 0. The summed E-state index contributed by atoms with van der Waals surface area (Å²) in [4.78, 5) is 0. The Bertz CT molecular complexity index is 632. The van der Waals surface area contributed by atoms with Gasteiger partial charge in [0.15, 0.2) is 0 Å². The zero-order chi connectivity index (χ0) is 13.8. The molecular formula is C15H12Cl2N2. The maximum Gasteiger partial charge on any atom is 0.0991 e. The maximum absolute atomic E-state index is 8.90. The molecular weight excluding hydrogens is 279 g/mol. The summed E-state index contributed by atoms with van der Waals surface area (Å²) >= 11 is 12.0. The lowest BCUT2D eigenvalue weighted by molar-refractivity contribution is 0.884. The van der Waals surface area contributed by atoms with Gasteiger partial charge in [-0.1, -0.05) is 35.3 Å². The second kappa shape index (κ2) is 5.97. The van der Waals surface area contributed by atoms with Crippen molar-refractivity contribution in [1.82, 2.24) is 0 Å². The Labute approximate surface area is 122 Å². The molecule has 1 N–H and O–H groups in total. The van der Waals surface area contributed by atoms with Crippen molar-refractivity contribution >= 4 is 28.9 Å². The summed E-state index contributed by atoms with van der Waals surface area (Å²) in [6.45, 7) is 2.02. The summed E-state index contributed by atoms with van der Waals surface area (Å²) in [6, 6.07) is 15.0. The molecule has 0 amide bonds. The van der Waals surface area contributed by atoms with Crippen LogP contribution in [0, 0.1) is 11.3 Å². The molecule has 0 saturated heterocycles. The second-order valence-corrected chi connectivity index (χ2v) is 5.07. The van der Waals surface area contributed by atoms with Gasteiger partial charge in [-0.05, 0) is 42.8 Å². The fraction of sp³-hybridized carbons (Fsp3) is 0.133. The standard InChI is InChI=1S/C15H12Cl2N2/c1-10(12-4-2-3-11(7-12)9-18)19-15-6-5-13(16)8-14(15)17/h2-8,10,19H,1H3. The normalized spacial score (nSPS) is 11.7. The molecule has 4 heteroatoms. The van der Waals surface area contributed by atoms with Crippen molar-refractivity contribution in [3.63, 3.8) is 0 Å². The van der Waals surface area contributed by atoms with Crippen LogP contribution in [0.2, 0.25) is 10.0 Å². The van der Waals surface area contributed by atoms with E-state index in [2.05, 4.69) is 11.4 Å². The van der Waals surface area contributed by atoms with Crippen LogP contribution in [0.1, 0.15) is 24.1 Å². The predicted molar refractivity (Wildman–Crippen MR) is 79.7 cm³/mol. The van der Waals surface area contributed by atoms with E-state index in [9.17, 15) is 0 Å². The Morgan fingerprint density at radius 2 is 1.95 bits per heavy atom. The van der Waals surface area contributed by atoms with Crippen LogP contribution < -0.4 is 5.32 Å². The Balaban J connectivity index is 2.20. The van der Waals surface area contributed by atoms with Crippen molar-refractivity contribution in [3.8, 4) is 6.07 Å². The lowest BCUT2D eigenvalue weighted by atomic mass is 10.1. The number of halogens is 2. The van der Waals surface area contributed by atoms with Crippen LogP contribution in [-0.4, -0.2) is 0 Å². The highest BCUT2D eigenvalue weighted by molar-refractivity contribution is 6.36. The minimum atomic E-state index is 0.0481. The van der Waals surface area contributed by atoms with E-state index >= 15 is 0 Å². The van der Waals surface area contributed by atoms with Crippen LogP contribution in [0.3, 0.4) is 0 Å². The molecule has 2 rings (SSSR count). The van der Waals surface area contributed by atoms with Crippen molar-refractivity contribution in [2.75, 3.05) is 5.32 Å². The predicted octanol–water partition coefficient (Wildman–Crippen LogP) is 5.04. The monoisotopic (exact) mass is 290 g/mol. The quantitative estimate of drug-likeness (QED) is 0.860. The summed E-state index contributed by atoms with van der Waals surface area (Å²) in [5.74, 6) is 0. The zero-order valence-corrected chi connectivity index (χ0v) is 11.8. The Morgan fingerprint density at radius 1 is 1.16 bits per heavy atom. The van der Waals surface area contributed by atoms with E-state index in [0.29, 0.717) is 15.6 Å². The van der Waals surface area contributed by atoms with Crippen LogP contribution in [-0.2, 0) is 0 Å². The lowest BCUT2D eigenvalue weighted by Crippen LogP contribution is -2.07. The Morgan fingerprint density at radius 3 is 2.63 bits per heavy atom. The van der Waals surface area contributed by atoms with Crippen molar-refractivity contribution in [3.05, 3.63) is 63.6 Å². The van der Waals surface area contributed by atoms with Gasteiger partial charge >= 0.3 is 0 Å². The first-order valence-corrected chi connectivity index (χ1v) is 6.57. The molecule has 2 nitrogen and oxygen atoms in total. The average Bonchev–Trinajstić information content (AvgIpc) is 2.42. The first-order chi connectivity index (χ1) is 9.10. The van der Waals surface area contributed by atoms with E-state index in [-0.39, 0.29) is 6.04 Å². The molecule has 0 radical (unpaired) electrons. The number of nitriles is 1. The minimum absolute atomic E-state index is 0.0481. The van der Waals surface area contributed by atoms with Gasteiger partial charge in [0, 0.05) is 11.1 Å². The molecule has 1 atom stereocenters. The van der Waals surface area contributed by atoms with Gasteiger partial charge in [0.2, 0.25) is 0 Å². The SMILES string of the molecule is CC(Nc1ccc(Cl)cc1Cl)c1cccc(C#N)c1. The molecule has 0 fully saturated rings. The van der Waals surface area contributed by atoms with E-state index in [1.54, 1.807) is 18.2 Å². The topological polar surface area (TPSA) is 35.8 Å². The van der Waals surface area contributed by atoms with Crippen LogP contribution in [0.15, 0.2) is 42.5 Å². The zero-order valence-electron chi connectivity index (χ0n) is 10.3. The van der Waals surface area contributed by atoms with Gasteiger partial charge in [-0.25, -0.2) is 0 Å². The number of hydrogen-bond acceptors (Lipinski definition) is 2. The minimum Gasteiger partial charge on any atom is -0.377 e. The molecule has 1 unspecified atom stereocenters. The third kappa shape index (κ3) is 3.41. The van der Waals surface area contributed by atoms with E-state index < -0.39 is 0 Å². The maximum atomic E-state index is 8.90. The molecule has 96 valence electrons. The summed E-state index contributed by atoms with van der Waals surface area (Å²) in [5.41, 5.74) is 2.50. The molecule has 2 aromatic rings. The van der Waals surface area contributed by atoms with E-state index in [0.717, 1.165) is 11.3 Å². The summed E-state index contributed by atoms with van der Waals surface area (Å²) in [7, 11) is 0. The molecule has 0 aliphatic carbocycles. The van der Waals surface area contributed by atoms with Crippen LogP contribution >= 0.6 is 23.2 Å². The first kappa shape index (κ1) is 13.7.